The predicted molar refractivity (Wildman–Crippen MR) is 128 cm³/mol. The molecule has 0 bridgehead atoms. The molecule has 34 heavy (non-hydrogen) atoms. The van der Waals surface area contributed by atoms with E-state index in [0.717, 1.165) is 44.2 Å². The van der Waals surface area contributed by atoms with E-state index in [1.165, 1.54) is 17.0 Å². The van der Waals surface area contributed by atoms with E-state index in [9.17, 15) is 5.21 Å². The molecular weight excluding hydrogens is 430 g/mol. The largest absolute Gasteiger partial charge is 0.347 e. The Kier molecular flexibility index (Phi) is 4.80. The quantitative estimate of drug-likeness (QED) is 0.646. The van der Waals surface area contributed by atoms with Crippen molar-refractivity contribution >= 4 is 17.0 Å². The van der Waals surface area contributed by atoms with E-state index < -0.39 is 11.3 Å². The topological polar surface area (TPSA) is 85.5 Å². The summed E-state index contributed by atoms with van der Waals surface area (Å²) in [5, 5.41) is 12.7. The van der Waals surface area contributed by atoms with Crippen molar-refractivity contribution in [3.8, 4) is 0 Å². The first-order valence-electron chi connectivity index (χ1n) is 12.5. The van der Waals surface area contributed by atoms with Crippen LogP contribution >= 0.6 is 0 Å². The van der Waals surface area contributed by atoms with Gasteiger partial charge in [-0.05, 0) is 44.9 Å². The summed E-state index contributed by atoms with van der Waals surface area (Å²) >= 11 is 0. The molecule has 1 N–H and O–H groups in total. The van der Waals surface area contributed by atoms with E-state index in [4.69, 9.17) is 9.47 Å². The molecule has 1 spiro atoms. The van der Waals surface area contributed by atoms with Gasteiger partial charge in [0.2, 0.25) is 0 Å². The second-order valence-corrected chi connectivity index (χ2v) is 11.3. The van der Waals surface area contributed by atoms with Gasteiger partial charge in [0.25, 0.3) is 0 Å². The molecule has 2 aromatic rings. The molecule has 0 unspecified atom stereocenters. The molecule has 0 radical (unpaired) electrons. The Hall–Kier alpha value is -2.29. The summed E-state index contributed by atoms with van der Waals surface area (Å²) in [6.07, 6.45) is 13.6. The van der Waals surface area contributed by atoms with Crippen LogP contribution in [0.3, 0.4) is 0 Å². The second kappa shape index (κ2) is 7.35. The Labute approximate surface area is 200 Å². The van der Waals surface area contributed by atoms with Crippen molar-refractivity contribution in [3.63, 3.8) is 0 Å². The molecular formula is C26H35N5O3. The van der Waals surface area contributed by atoms with Crippen LogP contribution in [0.5, 0.6) is 0 Å². The summed E-state index contributed by atoms with van der Waals surface area (Å²) in [7, 11) is 0. The molecule has 0 aromatic carbocycles. The van der Waals surface area contributed by atoms with Gasteiger partial charge < -0.3 is 14.0 Å². The van der Waals surface area contributed by atoms with E-state index in [0.29, 0.717) is 37.0 Å². The van der Waals surface area contributed by atoms with Crippen LogP contribution in [0, 0.1) is 16.7 Å². The van der Waals surface area contributed by atoms with Crippen molar-refractivity contribution in [2.45, 2.75) is 77.2 Å². The van der Waals surface area contributed by atoms with E-state index in [-0.39, 0.29) is 10.8 Å². The van der Waals surface area contributed by atoms with E-state index in [2.05, 4.69) is 54.5 Å². The molecule has 2 aliphatic heterocycles. The Balaban J connectivity index is 1.37. The molecule has 8 heteroatoms. The van der Waals surface area contributed by atoms with Gasteiger partial charge in [-0.1, -0.05) is 38.2 Å². The Morgan fingerprint density at radius 3 is 2.68 bits per heavy atom. The summed E-state index contributed by atoms with van der Waals surface area (Å²) in [6, 6.07) is 0. The number of hydrogen-bond donors (Lipinski definition) is 1. The van der Waals surface area contributed by atoms with Crippen molar-refractivity contribution in [2.75, 3.05) is 18.3 Å². The molecule has 6 rings (SSSR count). The first-order chi connectivity index (χ1) is 16.2. The first-order valence-corrected chi connectivity index (χ1v) is 12.5. The van der Waals surface area contributed by atoms with Crippen LogP contribution in [0.4, 0.5) is 5.82 Å². The van der Waals surface area contributed by atoms with Gasteiger partial charge in [-0.25, -0.2) is 20.0 Å². The molecule has 2 saturated carbocycles. The summed E-state index contributed by atoms with van der Waals surface area (Å²) in [5.74, 6) is 0.368. The number of anilines is 1. The number of imidazole rings is 1. The van der Waals surface area contributed by atoms with Crippen molar-refractivity contribution in [1.29, 1.82) is 0 Å². The molecule has 2 aliphatic carbocycles. The molecule has 8 nitrogen and oxygen atoms in total. The molecule has 2 aromatic heterocycles. The fourth-order valence-electron chi connectivity index (χ4n) is 7.24. The third kappa shape index (κ3) is 2.85. The van der Waals surface area contributed by atoms with Gasteiger partial charge in [0.1, 0.15) is 11.8 Å². The van der Waals surface area contributed by atoms with Crippen molar-refractivity contribution in [2.24, 2.45) is 16.7 Å². The SMILES string of the molecule is C=C1CC[C@]2(C)[C@H](CCCC23OCCO3)[C@@]1(C)/C=C/[C@]1(C)CCn2cnc3ncnc(c32)N1O. The van der Waals surface area contributed by atoms with Gasteiger partial charge in [-0.3, -0.25) is 5.21 Å². The zero-order valence-electron chi connectivity index (χ0n) is 20.5. The lowest BCUT2D eigenvalue weighted by Crippen LogP contribution is -2.60. The van der Waals surface area contributed by atoms with Crippen LogP contribution in [0.15, 0.2) is 37.0 Å². The van der Waals surface area contributed by atoms with Gasteiger partial charge in [0.05, 0.1) is 25.1 Å². The number of ether oxygens (including phenoxy) is 2. The number of aryl methyl sites for hydroxylation is 1. The Bertz CT molecular complexity index is 1170. The van der Waals surface area contributed by atoms with Crippen LogP contribution < -0.4 is 5.06 Å². The molecule has 4 aliphatic rings. The van der Waals surface area contributed by atoms with E-state index in [1.807, 2.05) is 4.57 Å². The zero-order chi connectivity index (χ0) is 23.8. The highest BCUT2D eigenvalue weighted by atomic mass is 16.7. The lowest BCUT2D eigenvalue weighted by molar-refractivity contribution is -0.282. The molecule has 4 heterocycles. The maximum Gasteiger partial charge on any atom is 0.183 e. The van der Waals surface area contributed by atoms with Gasteiger partial charge >= 0.3 is 0 Å². The molecule has 3 fully saturated rings. The minimum absolute atomic E-state index is 0.0753. The number of hydrogen-bond acceptors (Lipinski definition) is 7. The number of allylic oxidation sites excluding steroid dienone is 2. The van der Waals surface area contributed by atoms with Gasteiger partial charge in [0, 0.05) is 23.8 Å². The van der Waals surface area contributed by atoms with Gasteiger partial charge in [-0.15, -0.1) is 0 Å². The minimum Gasteiger partial charge on any atom is -0.347 e. The average Bonchev–Trinajstić information content (AvgIpc) is 3.46. The summed E-state index contributed by atoms with van der Waals surface area (Å²) in [5.41, 5.74) is 1.70. The zero-order valence-corrected chi connectivity index (χ0v) is 20.5. The summed E-state index contributed by atoms with van der Waals surface area (Å²) < 4.78 is 14.7. The van der Waals surface area contributed by atoms with Gasteiger partial charge in [-0.2, -0.15) is 0 Å². The highest BCUT2D eigenvalue weighted by Crippen LogP contribution is 2.65. The Morgan fingerprint density at radius 2 is 1.88 bits per heavy atom. The predicted octanol–water partition coefficient (Wildman–Crippen LogP) is 4.65. The molecule has 182 valence electrons. The number of rotatable bonds is 2. The van der Waals surface area contributed by atoms with Crippen molar-refractivity contribution in [3.05, 3.63) is 37.0 Å². The summed E-state index contributed by atoms with van der Waals surface area (Å²) in [4.78, 5) is 13.0. The molecule has 0 amide bonds. The lowest BCUT2D eigenvalue weighted by Gasteiger charge is -2.61. The number of fused-ring (bicyclic) bond motifs is 2. The maximum absolute atomic E-state index is 11.4. The third-order valence-corrected chi connectivity index (χ3v) is 9.55. The highest BCUT2D eigenvalue weighted by Gasteiger charge is 2.63. The minimum atomic E-state index is -0.635. The maximum atomic E-state index is 11.4. The van der Waals surface area contributed by atoms with Crippen LogP contribution in [0.2, 0.25) is 0 Å². The summed E-state index contributed by atoms with van der Waals surface area (Å²) in [6.45, 7) is 13.4. The van der Waals surface area contributed by atoms with Gasteiger partial charge in [0.15, 0.2) is 17.3 Å². The molecule has 4 atom stereocenters. The number of nitrogens with zero attached hydrogens (tertiary/aromatic N) is 5. The van der Waals surface area contributed by atoms with Crippen LogP contribution in [0.1, 0.15) is 59.3 Å². The third-order valence-electron chi connectivity index (χ3n) is 9.55. The van der Waals surface area contributed by atoms with E-state index in [1.54, 1.807) is 6.33 Å². The Morgan fingerprint density at radius 1 is 1.09 bits per heavy atom. The van der Waals surface area contributed by atoms with Crippen LogP contribution in [-0.4, -0.2) is 49.3 Å². The van der Waals surface area contributed by atoms with Crippen LogP contribution in [-0.2, 0) is 16.0 Å². The normalized spacial score (nSPS) is 37.5. The number of hydroxylamine groups is 1. The second-order valence-electron chi connectivity index (χ2n) is 11.3. The highest BCUT2D eigenvalue weighted by molar-refractivity contribution is 5.83. The van der Waals surface area contributed by atoms with Crippen LogP contribution in [0.25, 0.3) is 11.2 Å². The smallest absolute Gasteiger partial charge is 0.183 e. The van der Waals surface area contributed by atoms with Crippen molar-refractivity contribution in [1.82, 2.24) is 19.5 Å². The fourth-order valence-corrected chi connectivity index (χ4v) is 7.24. The van der Waals surface area contributed by atoms with Crippen molar-refractivity contribution < 1.29 is 14.7 Å². The average molecular weight is 466 g/mol. The fraction of sp³-hybridized carbons (Fsp3) is 0.654. The number of aromatic nitrogens is 4. The molecule has 1 saturated heterocycles. The van der Waals surface area contributed by atoms with E-state index >= 15 is 0 Å². The standard InChI is InChI=1S/C26H35N5O3/c1-18-7-9-25(4)19(6-5-8-26(25)33-14-15-34-26)24(18,3)11-10-23(2)12-13-30-17-29-21-20(30)22(31(23)32)28-16-27-21/h10-11,16-17,19,32H,1,5-9,12-15H2,2-4H3/b11-10+/t19-,23-,24+,25-/m1/s1. The monoisotopic (exact) mass is 465 g/mol. The first kappa shape index (κ1) is 22.2. The lowest BCUT2D eigenvalue weighted by atomic mass is 9.47.